The maximum atomic E-state index is 3.65. The fourth-order valence-corrected chi connectivity index (χ4v) is 3.17. The van der Waals surface area contributed by atoms with E-state index in [1.54, 1.807) is 0 Å². The average molecular weight is 304 g/mol. The molecule has 0 aliphatic heterocycles. The van der Waals surface area contributed by atoms with Crippen LogP contribution >= 0.6 is 27.3 Å². The number of rotatable bonds is 7. The van der Waals surface area contributed by atoms with Gasteiger partial charge in [-0.1, -0.05) is 27.2 Å². The van der Waals surface area contributed by atoms with Gasteiger partial charge >= 0.3 is 0 Å². The van der Waals surface area contributed by atoms with Crippen LogP contribution in [0.15, 0.2) is 15.9 Å². The molecule has 16 heavy (non-hydrogen) atoms. The monoisotopic (exact) mass is 303 g/mol. The summed E-state index contributed by atoms with van der Waals surface area (Å²) < 4.78 is 1.22. The van der Waals surface area contributed by atoms with Crippen molar-refractivity contribution in [3.63, 3.8) is 0 Å². The Morgan fingerprint density at radius 2 is 2.06 bits per heavy atom. The Morgan fingerprint density at radius 3 is 2.56 bits per heavy atom. The van der Waals surface area contributed by atoms with E-state index in [0.29, 0.717) is 6.04 Å². The zero-order valence-electron chi connectivity index (χ0n) is 10.4. The van der Waals surface area contributed by atoms with Gasteiger partial charge in [0.25, 0.3) is 0 Å². The lowest BCUT2D eigenvalue weighted by Crippen LogP contribution is -2.29. The first-order valence-corrected chi connectivity index (χ1v) is 7.74. The number of hydrogen-bond acceptors (Lipinski definition) is 2. The molecule has 1 nitrogen and oxygen atoms in total. The smallest absolute Gasteiger partial charge is 0.0701 e. The first kappa shape index (κ1) is 14.2. The second kappa shape index (κ2) is 7.46. The summed E-state index contributed by atoms with van der Waals surface area (Å²) in [7, 11) is 0. The summed E-state index contributed by atoms with van der Waals surface area (Å²) in [5.41, 5.74) is 0. The predicted molar refractivity (Wildman–Crippen MR) is 77.0 cm³/mol. The van der Waals surface area contributed by atoms with E-state index in [2.05, 4.69) is 54.2 Å². The molecule has 2 atom stereocenters. The highest BCUT2D eigenvalue weighted by Gasteiger charge is 2.10. The molecule has 2 unspecified atom stereocenters. The van der Waals surface area contributed by atoms with E-state index in [0.717, 1.165) is 12.5 Å². The molecule has 1 heterocycles. The summed E-state index contributed by atoms with van der Waals surface area (Å²) in [5.74, 6) is 0.826. The summed E-state index contributed by atoms with van der Waals surface area (Å²) in [6, 6.07) is 4.98. The molecule has 3 heteroatoms. The number of thiophene rings is 1. The van der Waals surface area contributed by atoms with Gasteiger partial charge in [-0.05, 0) is 46.8 Å². The molecule has 0 radical (unpaired) electrons. The van der Waals surface area contributed by atoms with Gasteiger partial charge in [-0.25, -0.2) is 0 Å². The maximum Gasteiger partial charge on any atom is 0.0701 e. The fraction of sp³-hybridized carbons (Fsp3) is 0.692. The van der Waals surface area contributed by atoms with Crippen LogP contribution in [0.5, 0.6) is 0 Å². The van der Waals surface area contributed by atoms with Crippen LogP contribution < -0.4 is 5.32 Å². The predicted octanol–water partition coefficient (Wildman–Crippen LogP) is 4.82. The zero-order valence-corrected chi connectivity index (χ0v) is 12.8. The van der Waals surface area contributed by atoms with Crippen LogP contribution in [-0.2, 0) is 6.54 Å². The van der Waals surface area contributed by atoms with E-state index < -0.39 is 0 Å². The second-order valence-electron chi connectivity index (χ2n) is 4.44. The van der Waals surface area contributed by atoms with Gasteiger partial charge in [-0.2, -0.15) is 0 Å². The van der Waals surface area contributed by atoms with Crippen molar-refractivity contribution in [2.24, 2.45) is 5.92 Å². The standard InChI is InChI=1S/C13H22BrNS/c1-4-10(3)8-11(5-2)15-9-12-6-7-13(14)16-12/h6-7,10-11,15H,4-5,8-9H2,1-3H3. The van der Waals surface area contributed by atoms with Gasteiger partial charge < -0.3 is 5.32 Å². The molecule has 0 aromatic carbocycles. The first-order chi connectivity index (χ1) is 7.65. The third kappa shape index (κ3) is 4.98. The molecule has 0 bridgehead atoms. The van der Waals surface area contributed by atoms with Crippen LogP contribution in [0, 0.1) is 5.92 Å². The number of halogens is 1. The Labute approximate surface area is 112 Å². The SMILES string of the molecule is CCC(C)CC(CC)NCc1ccc(Br)s1. The van der Waals surface area contributed by atoms with Crippen molar-refractivity contribution in [2.45, 2.75) is 52.6 Å². The fourth-order valence-electron chi connectivity index (χ4n) is 1.74. The molecule has 1 rings (SSSR count). The highest BCUT2D eigenvalue weighted by molar-refractivity contribution is 9.11. The van der Waals surface area contributed by atoms with Gasteiger partial charge in [0.05, 0.1) is 3.79 Å². The molecule has 1 N–H and O–H groups in total. The largest absolute Gasteiger partial charge is 0.309 e. The van der Waals surface area contributed by atoms with Crippen molar-refractivity contribution in [1.29, 1.82) is 0 Å². The van der Waals surface area contributed by atoms with Crippen LogP contribution in [0.25, 0.3) is 0 Å². The molecule has 92 valence electrons. The van der Waals surface area contributed by atoms with Crippen LogP contribution in [0.4, 0.5) is 0 Å². The molecule has 0 fully saturated rings. The van der Waals surface area contributed by atoms with Gasteiger partial charge in [-0.3, -0.25) is 0 Å². The van der Waals surface area contributed by atoms with Crippen molar-refractivity contribution < 1.29 is 0 Å². The minimum atomic E-state index is 0.663. The van der Waals surface area contributed by atoms with Crippen LogP contribution in [0.2, 0.25) is 0 Å². The Kier molecular flexibility index (Phi) is 6.62. The minimum Gasteiger partial charge on any atom is -0.309 e. The van der Waals surface area contributed by atoms with Gasteiger partial charge in [0.2, 0.25) is 0 Å². The molecule has 0 amide bonds. The van der Waals surface area contributed by atoms with E-state index in [1.165, 1.54) is 27.9 Å². The lowest BCUT2D eigenvalue weighted by molar-refractivity contribution is 0.385. The zero-order chi connectivity index (χ0) is 12.0. The Hall–Kier alpha value is 0.140. The van der Waals surface area contributed by atoms with Crippen molar-refractivity contribution in [3.05, 3.63) is 20.8 Å². The lowest BCUT2D eigenvalue weighted by atomic mass is 9.98. The second-order valence-corrected chi connectivity index (χ2v) is 6.99. The third-order valence-electron chi connectivity index (χ3n) is 3.07. The lowest BCUT2D eigenvalue weighted by Gasteiger charge is -2.19. The van der Waals surface area contributed by atoms with Crippen LogP contribution in [0.1, 0.15) is 44.9 Å². The number of nitrogens with one attached hydrogen (secondary N) is 1. The highest BCUT2D eigenvalue weighted by Crippen LogP contribution is 2.22. The van der Waals surface area contributed by atoms with Crippen molar-refractivity contribution >= 4 is 27.3 Å². The topological polar surface area (TPSA) is 12.0 Å². The van der Waals surface area contributed by atoms with E-state index in [9.17, 15) is 0 Å². The summed E-state index contributed by atoms with van der Waals surface area (Å²) >= 11 is 5.32. The highest BCUT2D eigenvalue weighted by atomic mass is 79.9. The summed E-state index contributed by atoms with van der Waals surface area (Å²) in [6.07, 6.45) is 3.79. The average Bonchev–Trinajstić information content (AvgIpc) is 2.69. The molecular formula is C13H22BrNS. The Bertz CT molecular complexity index is 298. The quantitative estimate of drug-likeness (QED) is 0.762. The van der Waals surface area contributed by atoms with Crippen molar-refractivity contribution in [3.8, 4) is 0 Å². The van der Waals surface area contributed by atoms with Crippen molar-refractivity contribution in [1.82, 2.24) is 5.32 Å². The summed E-state index contributed by atoms with van der Waals surface area (Å²) in [6.45, 7) is 7.88. The molecule has 0 aliphatic carbocycles. The third-order valence-corrected chi connectivity index (χ3v) is 4.69. The van der Waals surface area contributed by atoms with E-state index in [-0.39, 0.29) is 0 Å². The van der Waals surface area contributed by atoms with Gasteiger partial charge in [0.15, 0.2) is 0 Å². The minimum absolute atomic E-state index is 0.663. The van der Waals surface area contributed by atoms with Gasteiger partial charge in [-0.15, -0.1) is 11.3 Å². The number of hydrogen-bond donors (Lipinski definition) is 1. The molecule has 0 saturated heterocycles. The molecule has 1 aromatic rings. The molecule has 1 aromatic heterocycles. The van der Waals surface area contributed by atoms with Gasteiger partial charge in [0, 0.05) is 17.5 Å². The molecule has 0 aliphatic rings. The van der Waals surface area contributed by atoms with Crippen LogP contribution in [-0.4, -0.2) is 6.04 Å². The Morgan fingerprint density at radius 1 is 1.31 bits per heavy atom. The van der Waals surface area contributed by atoms with Crippen LogP contribution in [0.3, 0.4) is 0 Å². The van der Waals surface area contributed by atoms with E-state index in [4.69, 9.17) is 0 Å². The summed E-state index contributed by atoms with van der Waals surface area (Å²) in [4.78, 5) is 1.41. The summed E-state index contributed by atoms with van der Waals surface area (Å²) in [5, 5.41) is 3.65. The molecular weight excluding hydrogens is 282 g/mol. The first-order valence-electron chi connectivity index (χ1n) is 6.13. The van der Waals surface area contributed by atoms with E-state index in [1.807, 2.05) is 11.3 Å². The maximum absolute atomic E-state index is 3.65. The molecule has 0 spiro atoms. The Balaban J connectivity index is 2.33. The normalized spacial score (nSPS) is 15.0. The molecule has 0 saturated carbocycles. The van der Waals surface area contributed by atoms with Crippen molar-refractivity contribution in [2.75, 3.05) is 0 Å². The van der Waals surface area contributed by atoms with E-state index >= 15 is 0 Å². The van der Waals surface area contributed by atoms with Gasteiger partial charge in [0.1, 0.15) is 0 Å².